The summed E-state index contributed by atoms with van der Waals surface area (Å²) in [5, 5.41) is 13.6. The van der Waals surface area contributed by atoms with E-state index >= 15 is 0 Å². The summed E-state index contributed by atoms with van der Waals surface area (Å²) in [4.78, 5) is 3.36. The molecule has 4 aromatic rings. The van der Waals surface area contributed by atoms with E-state index in [1.807, 2.05) is 24.3 Å². The molecule has 1 aromatic heterocycles. The molecule has 0 aliphatic rings. The predicted octanol–water partition coefficient (Wildman–Crippen LogP) is 3.44. The van der Waals surface area contributed by atoms with Crippen molar-refractivity contribution in [2.45, 2.75) is 12.0 Å². The number of benzene rings is 3. The number of quaternary nitrogens is 1. The first kappa shape index (κ1) is 20.1. The van der Waals surface area contributed by atoms with E-state index in [2.05, 4.69) is 46.8 Å². The number of aliphatic hydroxyl groups excluding tert-OH is 1. The van der Waals surface area contributed by atoms with E-state index in [-0.39, 0.29) is 18.3 Å². The van der Waals surface area contributed by atoms with Crippen LogP contribution in [0, 0.1) is 5.82 Å². The lowest BCUT2D eigenvalue weighted by atomic mass is 9.91. The number of para-hydroxylation sites is 2. The van der Waals surface area contributed by atoms with Gasteiger partial charge in [0.05, 0.1) is 12.5 Å². The van der Waals surface area contributed by atoms with Gasteiger partial charge in [-0.3, -0.25) is 0 Å². The summed E-state index contributed by atoms with van der Waals surface area (Å²) < 4.78 is 19.1. The highest BCUT2D eigenvalue weighted by Crippen LogP contribution is 2.29. The van der Waals surface area contributed by atoms with Crippen LogP contribution in [0.2, 0.25) is 0 Å². The Bertz CT molecular complexity index is 1080. The summed E-state index contributed by atoms with van der Waals surface area (Å²) in [6, 6.07) is 24.9. The minimum Gasteiger partial charge on any atom is -0.488 e. The number of rotatable bonds is 9. The second kappa shape index (κ2) is 9.57. The molecule has 0 saturated heterocycles. The van der Waals surface area contributed by atoms with Gasteiger partial charge in [-0.15, -0.1) is 0 Å². The molecule has 0 saturated carbocycles. The molecule has 5 heteroatoms. The summed E-state index contributed by atoms with van der Waals surface area (Å²) in [5.41, 5.74) is 3.59. The second-order valence-corrected chi connectivity index (χ2v) is 7.41. The van der Waals surface area contributed by atoms with Gasteiger partial charge in [-0.25, -0.2) is 4.39 Å². The van der Waals surface area contributed by atoms with Crippen LogP contribution < -0.4 is 10.1 Å². The molecular formula is C25H26FN2O2+. The molecule has 0 bridgehead atoms. The van der Waals surface area contributed by atoms with E-state index in [1.54, 1.807) is 18.2 Å². The largest absolute Gasteiger partial charge is 0.488 e. The van der Waals surface area contributed by atoms with Crippen LogP contribution in [0.5, 0.6) is 5.75 Å². The van der Waals surface area contributed by atoms with Crippen LogP contribution >= 0.6 is 0 Å². The smallest absolute Gasteiger partial charge is 0.165 e. The van der Waals surface area contributed by atoms with Crippen molar-refractivity contribution in [2.24, 2.45) is 0 Å². The Labute approximate surface area is 175 Å². The minimum atomic E-state index is -0.691. The Balaban J connectivity index is 1.41. The van der Waals surface area contributed by atoms with Gasteiger partial charge in [-0.05, 0) is 29.3 Å². The number of nitrogens with two attached hydrogens (primary N) is 1. The number of aromatic amines is 1. The third kappa shape index (κ3) is 4.70. The molecular weight excluding hydrogens is 379 g/mol. The maximum atomic E-state index is 13.7. The van der Waals surface area contributed by atoms with Crippen molar-refractivity contribution in [1.82, 2.24) is 4.98 Å². The quantitative estimate of drug-likeness (QED) is 0.399. The number of nitrogens with one attached hydrogen (secondary N) is 1. The third-order valence-electron chi connectivity index (χ3n) is 5.31. The molecule has 0 amide bonds. The minimum absolute atomic E-state index is 0.0561. The van der Waals surface area contributed by atoms with E-state index in [1.165, 1.54) is 22.6 Å². The van der Waals surface area contributed by atoms with Crippen LogP contribution in [0.3, 0.4) is 0 Å². The molecule has 0 aliphatic carbocycles. The highest BCUT2D eigenvalue weighted by Gasteiger charge is 2.20. The molecule has 4 rings (SSSR count). The van der Waals surface area contributed by atoms with Crippen LogP contribution in [0.4, 0.5) is 4.39 Å². The van der Waals surface area contributed by atoms with Gasteiger partial charge < -0.3 is 20.1 Å². The molecule has 1 heterocycles. The van der Waals surface area contributed by atoms with E-state index in [9.17, 15) is 9.50 Å². The highest BCUT2D eigenvalue weighted by atomic mass is 19.1. The molecule has 30 heavy (non-hydrogen) atoms. The average Bonchev–Trinajstić information content (AvgIpc) is 3.21. The number of aromatic nitrogens is 1. The Kier molecular flexibility index (Phi) is 6.42. The number of hydrogen-bond acceptors (Lipinski definition) is 2. The summed E-state index contributed by atoms with van der Waals surface area (Å²) in [6.45, 7) is 1.31. The van der Waals surface area contributed by atoms with Crippen molar-refractivity contribution in [3.63, 3.8) is 0 Å². The molecule has 0 unspecified atom stereocenters. The van der Waals surface area contributed by atoms with Gasteiger partial charge in [0.15, 0.2) is 11.6 Å². The third-order valence-corrected chi connectivity index (χ3v) is 5.31. The molecule has 0 radical (unpaired) electrons. The van der Waals surface area contributed by atoms with Crippen molar-refractivity contribution >= 4 is 10.9 Å². The summed E-state index contributed by atoms with van der Waals surface area (Å²) in [6.07, 6.45) is 1.39. The van der Waals surface area contributed by atoms with Crippen LogP contribution in [0.25, 0.3) is 10.9 Å². The molecule has 0 fully saturated rings. The van der Waals surface area contributed by atoms with Gasteiger partial charge >= 0.3 is 0 Å². The first-order valence-electron chi connectivity index (χ1n) is 10.2. The van der Waals surface area contributed by atoms with Crippen LogP contribution in [-0.2, 0) is 0 Å². The fraction of sp³-hybridized carbons (Fsp3) is 0.200. The molecule has 0 aliphatic heterocycles. The summed E-state index contributed by atoms with van der Waals surface area (Å²) >= 11 is 0. The Hall–Kier alpha value is -3.15. The van der Waals surface area contributed by atoms with E-state index in [4.69, 9.17) is 4.74 Å². The van der Waals surface area contributed by atoms with Gasteiger partial charge in [0.1, 0.15) is 19.3 Å². The zero-order valence-electron chi connectivity index (χ0n) is 16.7. The number of fused-ring (bicyclic) bond motifs is 1. The fourth-order valence-corrected chi connectivity index (χ4v) is 3.78. The molecule has 2 atom stereocenters. The van der Waals surface area contributed by atoms with Crippen molar-refractivity contribution in [2.75, 3.05) is 19.7 Å². The SMILES string of the molecule is O[C@H](C[NH2+]C[C@H](c1ccccc1)c1c[nH]c2ccccc12)COc1ccccc1F. The van der Waals surface area contributed by atoms with Gasteiger partial charge in [-0.2, -0.15) is 0 Å². The average molecular weight is 405 g/mol. The van der Waals surface area contributed by atoms with E-state index in [0.29, 0.717) is 6.54 Å². The number of hydrogen-bond donors (Lipinski definition) is 3. The molecule has 4 N–H and O–H groups in total. The standard InChI is InChI=1S/C25H25FN2O2/c26-23-11-5-7-13-25(23)30-17-19(29)14-27-15-21(18-8-2-1-3-9-18)22-16-28-24-12-6-4-10-20(22)24/h1-13,16,19,21,27-29H,14-15,17H2/p+1/t19-,21-/m1/s1. The lowest BCUT2D eigenvalue weighted by Gasteiger charge is -2.17. The van der Waals surface area contributed by atoms with E-state index < -0.39 is 11.9 Å². The number of ether oxygens (including phenoxy) is 1. The van der Waals surface area contributed by atoms with Gasteiger partial charge in [0.2, 0.25) is 0 Å². The second-order valence-electron chi connectivity index (χ2n) is 7.41. The van der Waals surface area contributed by atoms with Crippen molar-refractivity contribution in [3.05, 3.63) is 102 Å². The number of halogens is 1. The molecule has 3 aromatic carbocycles. The van der Waals surface area contributed by atoms with Crippen molar-refractivity contribution in [1.29, 1.82) is 0 Å². The van der Waals surface area contributed by atoms with Crippen LogP contribution in [0.15, 0.2) is 85.1 Å². The normalized spacial score (nSPS) is 13.3. The Morgan fingerprint density at radius 1 is 0.900 bits per heavy atom. The van der Waals surface area contributed by atoms with Crippen molar-refractivity contribution < 1.29 is 19.6 Å². The molecule has 154 valence electrons. The first-order chi connectivity index (χ1) is 14.7. The van der Waals surface area contributed by atoms with Gasteiger partial charge in [0.25, 0.3) is 0 Å². The molecule has 0 spiro atoms. The van der Waals surface area contributed by atoms with E-state index in [0.717, 1.165) is 12.1 Å². The number of H-pyrrole nitrogens is 1. The maximum absolute atomic E-state index is 13.7. The predicted molar refractivity (Wildman–Crippen MR) is 116 cm³/mol. The van der Waals surface area contributed by atoms with Gasteiger partial charge in [-0.1, -0.05) is 60.7 Å². The molecule has 4 nitrogen and oxygen atoms in total. The zero-order valence-corrected chi connectivity index (χ0v) is 16.7. The van der Waals surface area contributed by atoms with Crippen LogP contribution in [0.1, 0.15) is 17.0 Å². The lowest BCUT2D eigenvalue weighted by molar-refractivity contribution is -0.662. The fourth-order valence-electron chi connectivity index (χ4n) is 3.78. The monoisotopic (exact) mass is 405 g/mol. The Morgan fingerprint density at radius 3 is 2.47 bits per heavy atom. The first-order valence-corrected chi connectivity index (χ1v) is 10.2. The maximum Gasteiger partial charge on any atom is 0.165 e. The highest BCUT2D eigenvalue weighted by molar-refractivity contribution is 5.84. The lowest BCUT2D eigenvalue weighted by Crippen LogP contribution is -2.87. The van der Waals surface area contributed by atoms with Gasteiger partial charge in [0, 0.05) is 17.1 Å². The number of aliphatic hydroxyl groups is 1. The van der Waals surface area contributed by atoms with Crippen molar-refractivity contribution in [3.8, 4) is 5.75 Å². The topological polar surface area (TPSA) is 61.9 Å². The zero-order chi connectivity index (χ0) is 20.8. The van der Waals surface area contributed by atoms with Crippen LogP contribution in [-0.4, -0.2) is 35.9 Å². The summed E-state index contributed by atoms with van der Waals surface area (Å²) in [5.74, 6) is -0.0725. The summed E-state index contributed by atoms with van der Waals surface area (Å²) in [7, 11) is 0. The Morgan fingerprint density at radius 2 is 1.63 bits per heavy atom.